The monoisotopic (exact) mass is 761 g/mol. The molecule has 11 heteroatoms. The van der Waals surface area contributed by atoms with Crippen LogP contribution in [0.2, 0.25) is 0 Å². The number of carbonyl (C=O) groups excluding carboxylic acids is 1. The van der Waals surface area contributed by atoms with Crippen molar-refractivity contribution in [1.82, 2.24) is 36.2 Å². The standard InChI is InChI=1S/C46H44FN7O3/c47-36-9-5-4-8-32(36)42-52-44(54-57-42)46(20-21-46)26-49-38-23-34(38)28-10-12-29(13-11-28)35-24-39(35)50-40(55)30-14-16-31(17-15-30)41-51-43(53-56-41)45(18-19-45)25-48-37-22-33(37)27-6-2-1-3-7-27/h1-17,33-35,37-39,48-49H,18-26H2,(H,50,55)/t33-,34?,35?,37?,38?,39?/m1/s1. The summed E-state index contributed by atoms with van der Waals surface area (Å²) < 4.78 is 25.4. The van der Waals surface area contributed by atoms with Crippen molar-refractivity contribution in [3.8, 4) is 22.9 Å². The third-order valence-corrected chi connectivity index (χ3v) is 13.1. The molecule has 5 saturated carbocycles. The Morgan fingerprint density at radius 3 is 1.72 bits per heavy atom. The number of aromatic nitrogens is 4. The highest BCUT2D eigenvalue weighted by Gasteiger charge is 2.51. The molecule has 0 bridgehead atoms. The topological polar surface area (TPSA) is 131 Å². The van der Waals surface area contributed by atoms with Crippen LogP contribution in [0.25, 0.3) is 22.9 Å². The maximum Gasteiger partial charge on any atom is 0.260 e. The van der Waals surface area contributed by atoms with Crippen LogP contribution >= 0.6 is 0 Å². The van der Waals surface area contributed by atoms with Crippen LogP contribution in [0.3, 0.4) is 0 Å². The van der Waals surface area contributed by atoms with E-state index in [4.69, 9.17) is 14.0 Å². The van der Waals surface area contributed by atoms with Crippen molar-refractivity contribution in [3.63, 3.8) is 0 Å². The van der Waals surface area contributed by atoms with Crippen LogP contribution in [0.15, 0.2) is 112 Å². The first-order chi connectivity index (χ1) is 27.9. The van der Waals surface area contributed by atoms with Crippen LogP contribution in [-0.4, -0.2) is 57.4 Å². The summed E-state index contributed by atoms with van der Waals surface area (Å²) >= 11 is 0. The van der Waals surface area contributed by atoms with Crippen LogP contribution in [-0.2, 0) is 10.8 Å². The highest BCUT2D eigenvalue weighted by molar-refractivity contribution is 5.95. The predicted octanol–water partition coefficient (Wildman–Crippen LogP) is 7.57. The molecular weight excluding hydrogens is 718 g/mol. The first-order valence-electron chi connectivity index (χ1n) is 20.4. The molecule has 5 aliphatic carbocycles. The van der Waals surface area contributed by atoms with Crippen molar-refractivity contribution >= 4 is 5.91 Å². The lowest BCUT2D eigenvalue weighted by molar-refractivity contribution is 0.0950. The number of hydrogen-bond acceptors (Lipinski definition) is 9. The van der Waals surface area contributed by atoms with Gasteiger partial charge in [-0.05, 0) is 98.0 Å². The molecule has 11 rings (SSSR count). The zero-order chi connectivity index (χ0) is 38.1. The van der Waals surface area contributed by atoms with E-state index < -0.39 is 0 Å². The second-order valence-corrected chi connectivity index (χ2v) is 17.1. The summed E-state index contributed by atoms with van der Waals surface area (Å²) in [6, 6.07) is 34.6. The van der Waals surface area contributed by atoms with Gasteiger partial charge in [0.1, 0.15) is 5.82 Å². The maximum atomic E-state index is 14.3. The van der Waals surface area contributed by atoms with Gasteiger partial charge in [0.25, 0.3) is 17.7 Å². The van der Waals surface area contributed by atoms with Crippen molar-refractivity contribution in [2.75, 3.05) is 13.1 Å². The lowest BCUT2D eigenvalue weighted by Crippen LogP contribution is -2.30. The van der Waals surface area contributed by atoms with Crippen molar-refractivity contribution in [2.24, 2.45) is 0 Å². The molecule has 0 spiro atoms. The van der Waals surface area contributed by atoms with Gasteiger partial charge in [-0.15, -0.1) is 0 Å². The Bertz CT molecular complexity index is 2420. The molecule has 5 aliphatic rings. The zero-order valence-corrected chi connectivity index (χ0v) is 31.5. The number of nitrogens with one attached hydrogen (secondary N) is 3. The normalized spacial score (nSPS) is 25.8. The van der Waals surface area contributed by atoms with Crippen molar-refractivity contribution in [1.29, 1.82) is 0 Å². The molecule has 10 nitrogen and oxygen atoms in total. The Balaban J connectivity index is 0.640. The van der Waals surface area contributed by atoms with E-state index in [-0.39, 0.29) is 34.5 Å². The number of nitrogens with zero attached hydrogens (tertiary/aromatic N) is 4. The average Bonchev–Trinajstić information content (AvgIpc) is 4.00. The number of halogens is 1. The molecule has 2 aromatic heterocycles. The molecule has 6 aromatic rings. The van der Waals surface area contributed by atoms with Gasteiger partial charge in [0.05, 0.1) is 5.56 Å². The SMILES string of the molecule is O=C(NC1CC1c1ccc(C2CC2NCC2(c3noc(-c4ccccc4F)n3)CC2)cc1)c1ccc(-c2nc(C3(CNC4C[C@@H]4c4ccccc4)CC3)no2)cc1. The van der Waals surface area contributed by atoms with Crippen molar-refractivity contribution in [3.05, 3.63) is 143 Å². The molecule has 0 aliphatic heterocycles. The average molecular weight is 762 g/mol. The minimum absolute atomic E-state index is 0.0548. The molecule has 5 fully saturated rings. The van der Waals surface area contributed by atoms with Crippen LogP contribution in [0.5, 0.6) is 0 Å². The predicted molar refractivity (Wildman–Crippen MR) is 211 cm³/mol. The van der Waals surface area contributed by atoms with E-state index in [1.165, 1.54) is 29.2 Å². The Morgan fingerprint density at radius 1 is 0.614 bits per heavy atom. The summed E-state index contributed by atoms with van der Waals surface area (Å²) in [5, 5.41) is 19.3. The molecule has 4 aromatic carbocycles. The van der Waals surface area contributed by atoms with Crippen LogP contribution < -0.4 is 16.0 Å². The van der Waals surface area contributed by atoms with E-state index in [0.29, 0.717) is 52.7 Å². The fourth-order valence-corrected chi connectivity index (χ4v) is 8.66. The molecule has 2 heterocycles. The minimum Gasteiger partial charge on any atom is -0.349 e. The van der Waals surface area contributed by atoms with Gasteiger partial charge in [-0.3, -0.25) is 4.79 Å². The second kappa shape index (κ2) is 13.6. The molecule has 5 unspecified atom stereocenters. The summed E-state index contributed by atoms with van der Waals surface area (Å²) in [5.74, 6) is 3.10. The molecule has 0 saturated heterocycles. The van der Waals surface area contributed by atoms with Crippen LogP contribution in [0.1, 0.15) is 101 Å². The Labute approximate surface area is 330 Å². The largest absolute Gasteiger partial charge is 0.349 e. The molecular formula is C46H44FN7O3. The highest BCUT2D eigenvalue weighted by Crippen LogP contribution is 2.50. The summed E-state index contributed by atoms with van der Waals surface area (Å²) in [7, 11) is 0. The third kappa shape index (κ3) is 6.86. The van der Waals surface area contributed by atoms with Crippen LogP contribution in [0.4, 0.5) is 4.39 Å². The lowest BCUT2D eigenvalue weighted by Gasteiger charge is -2.12. The second-order valence-electron chi connectivity index (χ2n) is 17.1. The van der Waals surface area contributed by atoms with Gasteiger partial charge < -0.3 is 25.0 Å². The summed E-state index contributed by atoms with van der Waals surface area (Å²) in [6.45, 7) is 1.64. The zero-order valence-electron chi connectivity index (χ0n) is 31.5. The van der Waals surface area contributed by atoms with E-state index in [9.17, 15) is 9.18 Å². The molecule has 6 atom stereocenters. The quantitative estimate of drug-likeness (QED) is 0.0971. The molecule has 288 valence electrons. The minimum atomic E-state index is -0.362. The molecule has 1 amide bonds. The van der Waals surface area contributed by atoms with Crippen molar-refractivity contribution < 1.29 is 18.2 Å². The lowest BCUT2D eigenvalue weighted by atomic mass is 10.0. The number of hydrogen-bond donors (Lipinski definition) is 3. The first kappa shape index (κ1) is 34.7. The molecule has 57 heavy (non-hydrogen) atoms. The number of amides is 1. The fourth-order valence-electron chi connectivity index (χ4n) is 8.66. The smallest absolute Gasteiger partial charge is 0.260 e. The van der Waals surface area contributed by atoms with E-state index in [0.717, 1.165) is 63.0 Å². The molecule has 3 N–H and O–H groups in total. The maximum absolute atomic E-state index is 14.3. The van der Waals surface area contributed by atoms with Gasteiger partial charge in [0.2, 0.25) is 0 Å². The fraction of sp³-hybridized carbons (Fsp3) is 0.370. The number of benzene rings is 4. The Kier molecular flexibility index (Phi) is 8.25. The van der Waals surface area contributed by atoms with Crippen LogP contribution in [0, 0.1) is 5.82 Å². The van der Waals surface area contributed by atoms with E-state index in [2.05, 4.69) is 85.8 Å². The number of rotatable bonds is 15. The highest BCUT2D eigenvalue weighted by atomic mass is 19.1. The number of carbonyl (C=O) groups is 1. The summed E-state index contributed by atoms with van der Waals surface area (Å²) in [5.41, 5.74) is 5.56. The van der Waals surface area contributed by atoms with Gasteiger partial charge in [-0.25, -0.2) is 4.39 Å². The van der Waals surface area contributed by atoms with Gasteiger partial charge in [0, 0.05) is 70.9 Å². The van der Waals surface area contributed by atoms with E-state index >= 15 is 0 Å². The van der Waals surface area contributed by atoms with Crippen molar-refractivity contribution in [2.45, 2.75) is 91.7 Å². The van der Waals surface area contributed by atoms with Gasteiger partial charge >= 0.3 is 0 Å². The van der Waals surface area contributed by atoms with E-state index in [1.807, 2.05) is 24.3 Å². The Hall–Kier alpha value is -5.52. The molecule has 0 radical (unpaired) electrons. The van der Waals surface area contributed by atoms with Gasteiger partial charge in [-0.1, -0.05) is 77.0 Å². The van der Waals surface area contributed by atoms with Gasteiger partial charge in [0.15, 0.2) is 11.6 Å². The first-order valence-corrected chi connectivity index (χ1v) is 20.4. The van der Waals surface area contributed by atoms with E-state index in [1.54, 1.807) is 18.2 Å². The summed E-state index contributed by atoms with van der Waals surface area (Å²) in [4.78, 5) is 22.6. The Morgan fingerprint density at radius 2 is 1.12 bits per heavy atom. The summed E-state index contributed by atoms with van der Waals surface area (Å²) in [6.07, 6.45) is 7.28. The van der Waals surface area contributed by atoms with Gasteiger partial charge in [-0.2, -0.15) is 9.97 Å². The third-order valence-electron chi connectivity index (χ3n) is 13.1.